The third-order valence-electron chi connectivity index (χ3n) is 7.62. The van der Waals surface area contributed by atoms with Gasteiger partial charge in [0.1, 0.15) is 0 Å². The minimum Gasteiger partial charge on any atom is -0.493 e. The number of nitrogens with one attached hydrogen (secondary N) is 1. The smallest absolute Gasteiger partial charge is 0.163 e. The average molecular weight is 489 g/mol. The van der Waals surface area contributed by atoms with Crippen molar-refractivity contribution in [3.05, 3.63) is 48.5 Å². The molecule has 0 radical (unpaired) electrons. The van der Waals surface area contributed by atoms with Crippen LogP contribution in [-0.4, -0.2) is 69.9 Å². The van der Waals surface area contributed by atoms with Crippen LogP contribution in [0.2, 0.25) is 0 Å². The number of benzene rings is 2. The number of hydrogen-bond acceptors (Lipinski definition) is 6. The third-order valence-corrected chi connectivity index (χ3v) is 7.62. The summed E-state index contributed by atoms with van der Waals surface area (Å²) in [6, 6.07) is 16.9. The predicted octanol–water partition coefficient (Wildman–Crippen LogP) is 5.21. The van der Waals surface area contributed by atoms with E-state index in [1.807, 2.05) is 6.07 Å². The molecule has 2 aromatic carbocycles. The highest BCUT2D eigenvalue weighted by molar-refractivity contribution is 5.96. The fraction of sp³-hybridized carbons (Fsp3) is 0.500. The van der Waals surface area contributed by atoms with Gasteiger partial charge in [0, 0.05) is 42.8 Å². The molecule has 6 heteroatoms. The van der Waals surface area contributed by atoms with E-state index in [2.05, 4.69) is 64.6 Å². The third kappa shape index (κ3) is 5.93. The molecule has 2 fully saturated rings. The van der Waals surface area contributed by atoms with E-state index < -0.39 is 0 Å². The molecule has 0 saturated carbocycles. The van der Waals surface area contributed by atoms with Crippen LogP contribution >= 0.6 is 0 Å². The van der Waals surface area contributed by atoms with Gasteiger partial charge < -0.3 is 24.6 Å². The SMILES string of the molecule is COc1cc2c(N(C)CC3CCNCC3)cc(-c3ccccc3)nc2cc1OCCCN1CCCC1. The van der Waals surface area contributed by atoms with Crippen LogP contribution in [0.4, 0.5) is 5.69 Å². The van der Waals surface area contributed by atoms with Crippen molar-refractivity contribution in [2.75, 3.05) is 64.9 Å². The second-order valence-corrected chi connectivity index (χ2v) is 10.2. The number of ether oxygens (including phenoxy) is 2. The van der Waals surface area contributed by atoms with Crippen molar-refractivity contribution in [2.24, 2.45) is 5.92 Å². The van der Waals surface area contributed by atoms with Gasteiger partial charge in [-0.25, -0.2) is 4.98 Å². The maximum absolute atomic E-state index is 6.25. The van der Waals surface area contributed by atoms with E-state index in [1.165, 1.54) is 44.5 Å². The molecule has 2 aliphatic rings. The predicted molar refractivity (Wildman–Crippen MR) is 148 cm³/mol. The number of aromatic nitrogens is 1. The van der Waals surface area contributed by atoms with Crippen molar-refractivity contribution in [1.82, 2.24) is 15.2 Å². The minimum absolute atomic E-state index is 0.680. The molecule has 6 nitrogen and oxygen atoms in total. The number of hydrogen-bond donors (Lipinski definition) is 1. The van der Waals surface area contributed by atoms with Gasteiger partial charge >= 0.3 is 0 Å². The number of anilines is 1. The summed E-state index contributed by atoms with van der Waals surface area (Å²) in [5.74, 6) is 2.24. The Morgan fingerprint density at radius 2 is 1.81 bits per heavy atom. The van der Waals surface area contributed by atoms with Crippen molar-refractivity contribution in [3.8, 4) is 22.8 Å². The van der Waals surface area contributed by atoms with Gasteiger partial charge in [-0.05, 0) is 76.3 Å². The zero-order chi connectivity index (χ0) is 24.7. The number of pyridine rings is 1. The fourth-order valence-electron chi connectivity index (χ4n) is 5.59. The molecule has 3 aromatic rings. The van der Waals surface area contributed by atoms with Gasteiger partial charge in [0.15, 0.2) is 11.5 Å². The van der Waals surface area contributed by atoms with Gasteiger partial charge in [-0.2, -0.15) is 0 Å². The van der Waals surface area contributed by atoms with E-state index in [4.69, 9.17) is 14.5 Å². The molecule has 0 bridgehead atoms. The second-order valence-electron chi connectivity index (χ2n) is 10.2. The van der Waals surface area contributed by atoms with E-state index in [0.29, 0.717) is 12.5 Å². The van der Waals surface area contributed by atoms with Crippen molar-refractivity contribution in [2.45, 2.75) is 32.1 Å². The lowest BCUT2D eigenvalue weighted by molar-refractivity contribution is 0.254. The first kappa shape index (κ1) is 24.8. The Labute approximate surface area is 215 Å². The molecule has 0 spiro atoms. The van der Waals surface area contributed by atoms with Gasteiger partial charge in [-0.15, -0.1) is 0 Å². The first-order chi connectivity index (χ1) is 17.7. The Kier molecular flexibility index (Phi) is 8.24. The largest absolute Gasteiger partial charge is 0.493 e. The summed E-state index contributed by atoms with van der Waals surface area (Å²) in [5, 5.41) is 4.59. The molecule has 2 aliphatic heterocycles. The normalized spacial score (nSPS) is 16.9. The molecule has 3 heterocycles. The van der Waals surface area contributed by atoms with Gasteiger partial charge in [0.25, 0.3) is 0 Å². The lowest BCUT2D eigenvalue weighted by Gasteiger charge is -2.30. The van der Waals surface area contributed by atoms with Crippen LogP contribution in [0, 0.1) is 5.92 Å². The van der Waals surface area contributed by atoms with E-state index in [-0.39, 0.29) is 0 Å². The van der Waals surface area contributed by atoms with Gasteiger partial charge in [-0.1, -0.05) is 30.3 Å². The molecule has 5 rings (SSSR count). The summed E-state index contributed by atoms with van der Waals surface area (Å²) >= 11 is 0. The minimum atomic E-state index is 0.680. The Morgan fingerprint density at radius 3 is 2.56 bits per heavy atom. The highest BCUT2D eigenvalue weighted by Crippen LogP contribution is 2.38. The zero-order valence-electron chi connectivity index (χ0n) is 21.8. The first-order valence-electron chi connectivity index (χ1n) is 13.6. The molecular formula is C30H40N4O2. The molecule has 1 N–H and O–H groups in total. The van der Waals surface area contributed by atoms with Crippen molar-refractivity contribution in [1.29, 1.82) is 0 Å². The topological polar surface area (TPSA) is 49.9 Å². The van der Waals surface area contributed by atoms with Crippen LogP contribution in [0.3, 0.4) is 0 Å². The Hall–Kier alpha value is -2.83. The summed E-state index contributed by atoms with van der Waals surface area (Å²) in [7, 11) is 3.93. The van der Waals surface area contributed by atoms with Gasteiger partial charge in [0.2, 0.25) is 0 Å². The maximum atomic E-state index is 6.25. The average Bonchev–Trinajstić information content (AvgIpc) is 3.44. The lowest BCUT2D eigenvalue weighted by Crippen LogP contribution is -2.34. The fourth-order valence-corrected chi connectivity index (χ4v) is 5.59. The molecule has 1 aromatic heterocycles. The Morgan fingerprint density at radius 1 is 1.03 bits per heavy atom. The van der Waals surface area contributed by atoms with Crippen LogP contribution in [0.25, 0.3) is 22.2 Å². The standard InChI is InChI=1S/C30H40N4O2/c1-33(22-23-11-13-31-14-12-23)28-20-26(24-9-4-3-5-10-24)32-27-21-30(29(35-2)19-25(27)28)36-18-8-17-34-15-6-7-16-34/h3-5,9-10,19-21,23,31H,6-8,11-18,22H2,1-2H3. The Balaban J connectivity index is 1.44. The van der Waals surface area contributed by atoms with Crippen LogP contribution in [0.15, 0.2) is 48.5 Å². The van der Waals surface area contributed by atoms with Crippen molar-refractivity contribution in [3.63, 3.8) is 0 Å². The highest BCUT2D eigenvalue weighted by atomic mass is 16.5. The van der Waals surface area contributed by atoms with Gasteiger partial charge in [0.05, 0.1) is 24.9 Å². The summed E-state index contributed by atoms with van der Waals surface area (Å²) in [4.78, 5) is 10.0. The van der Waals surface area contributed by atoms with Crippen molar-refractivity contribution < 1.29 is 9.47 Å². The molecular weight excluding hydrogens is 448 g/mol. The van der Waals surface area contributed by atoms with E-state index in [1.54, 1.807) is 7.11 Å². The quantitative estimate of drug-likeness (QED) is 0.395. The van der Waals surface area contributed by atoms with Crippen LogP contribution in [-0.2, 0) is 0 Å². The lowest BCUT2D eigenvalue weighted by atomic mass is 9.97. The van der Waals surface area contributed by atoms with Crippen LogP contribution in [0.5, 0.6) is 11.5 Å². The summed E-state index contributed by atoms with van der Waals surface area (Å²) in [6.07, 6.45) is 6.10. The molecule has 0 atom stereocenters. The molecule has 0 unspecified atom stereocenters. The van der Waals surface area contributed by atoms with Crippen LogP contribution < -0.4 is 19.7 Å². The van der Waals surface area contributed by atoms with Crippen molar-refractivity contribution >= 4 is 16.6 Å². The first-order valence-corrected chi connectivity index (χ1v) is 13.6. The highest BCUT2D eigenvalue weighted by Gasteiger charge is 2.20. The van der Waals surface area contributed by atoms with E-state index >= 15 is 0 Å². The monoisotopic (exact) mass is 488 g/mol. The summed E-state index contributed by atoms with van der Waals surface area (Å²) in [5.41, 5.74) is 4.25. The Bertz CT molecular complexity index is 1120. The van der Waals surface area contributed by atoms with E-state index in [0.717, 1.165) is 66.3 Å². The second kappa shape index (κ2) is 11.9. The number of fused-ring (bicyclic) bond motifs is 1. The summed E-state index contributed by atoms with van der Waals surface area (Å²) < 4.78 is 12.0. The molecule has 192 valence electrons. The number of nitrogens with zero attached hydrogens (tertiary/aromatic N) is 3. The van der Waals surface area contributed by atoms with Crippen LogP contribution in [0.1, 0.15) is 32.1 Å². The molecule has 0 aliphatic carbocycles. The molecule has 2 saturated heterocycles. The number of methoxy groups -OCH3 is 1. The molecule has 36 heavy (non-hydrogen) atoms. The maximum Gasteiger partial charge on any atom is 0.163 e. The number of rotatable bonds is 10. The number of likely N-dealkylation sites (tertiary alicyclic amines) is 1. The van der Waals surface area contributed by atoms with Gasteiger partial charge in [-0.3, -0.25) is 0 Å². The zero-order valence-corrected chi connectivity index (χ0v) is 21.8. The summed E-state index contributed by atoms with van der Waals surface area (Å²) in [6.45, 7) is 7.47. The molecule has 0 amide bonds. The number of piperidine rings is 1. The van der Waals surface area contributed by atoms with E-state index in [9.17, 15) is 0 Å².